The first kappa shape index (κ1) is 11.5. The Labute approximate surface area is 91.3 Å². The highest BCUT2D eigenvalue weighted by Gasteiger charge is 2.16. The van der Waals surface area contributed by atoms with Gasteiger partial charge in [-0.2, -0.15) is 21.1 Å². The van der Waals surface area contributed by atoms with Gasteiger partial charge in [0.05, 0.1) is 6.61 Å². The lowest BCUT2D eigenvalue weighted by molar-refractivity contribution is 0.288. The van der Waals surface area contributed by atoms with E-state index in [4.69, 9.17) is 10.8 Å². The molecular weight excluding hydrogens is 220 g/mol. The van der Waals surface area contributed by atoms with Crippen molar-refractivity contribution in [2.24, 2.45) is 0 Å². The molecule has 4 N–H and O–H groups in total. The van der Waals surface area contributed by atoms with Crippen molar-refractivity contribution in [3.63, 3.8) is 0 Å². The Hall–Kier alpha value is -0.530. The molecule has 0 aliphatic heterocycles. The van der Waals surface area contributed by atoms with Crippen LogP contribution in [0.5, 0.6) is 0 Å². The third-order valence-electron chi connectivity index (χ3n) is 1.83. The molecule has 0 saturated heterocycles. The maximum atomic E-state index is 9.06. The Kier molecular flexibility index (Phi) is 4.43. The summed E-state index contributed by atoms with van der Waals surface area (Å²) in [7, 11) is 0. The predicted molar refractivity (Wildman–Crippen MR) is 61.8 cm³/mol. The Morgan fingerprint density at radius 1 is 1.71 bits per heavy atom. The van der Waals surface area contributed by atoms with Crippen LogP contribution in [0.1, 0.15) is 6.92 Å². The fourth-order valence-corrected chi connectivity index (χ4v) is 2.24. The molecule has 1 heterocycles. The summed E-state index contributed by atoms with van der Waals surface area (Å²) in [6.45, 7) is 2.14. The molecule has 5 nitrogen and oxygen atoms in total. The minimum Gasteiger partial charge on any atom is -0.395 e. The maximum Gasteiger partial charge on any atom is 0.233 e. The number of aliphatic hydroxyl groups excluding tert-OH is 1. The van der Waals surface area contributed by atoms with E-state index in [9.17, 15) is 0 Å². The molecule has 0 saturated carbocycles. The maximum absolute atomic E-state index is 9.06. The summed E-state index contributed by atoms with van der Waals surface area (Å²) in [4.78, 5) is 3.98. The summed E-state index contributed by atoms with van der Waals surface area (Å²) < 4.78 is 3.86. The quantitative estimate of drug-likeness (QED) is 0.693. The van der Waals surface area contributed by atoms with Gasteiger partial charge in [-0.1, -0.05) is 0 Å². The molecule has 0 aromatic carbocycles. The number of nitrogens with zero attached hydrogens (tertiary/aromatic N) is 2. The zero-order valence-corrected chi connectivity index (χ0v) is 9.73. The molecule has 1 aromatic heterocycles. The lowest BCUT2D eigenvalue weighted by atomic mass is 10.2. The molecule has 0 radical (unpaired) electrons. The Balaban J connectivity index is 2.51. The summed E-state index contributed by atoms with van der Waals surface area (Å²) in [6.07, 6.45) is 1.97. The molecule has 0 fully saturated rings. The van der Waals surface area contributed by atoms with Crippen LogP contribution in [0.25, 0.3) is 0 Å². The molecule has 80 valence electrons. The van der Waals surface area contributed by atoms with Crippen LogP contribution in [0.3, 0.4) is 0 Å². The van der Waals surface area contributed by atoms with Crippen molar-refractivity contribution in [1.82, 2.24) is 9.36 Å². The number of rotatable bonds is 5. The topological polar surface area (TPSA) is 84.1 Å². The van der Waals surface area contributed by atoms with E-state index in [0.717, 1.165) is 0 Å². The van der Waals surface area contributed by atoms with Gasteiger partial charge in [-0.15, -0.1) is 0 Å². The van der Waals surface area contributed by atoms with E-state index < -0.39 is 0 Å². The van der Waals surface area contributed by atoms with Crippen LogP contribution in [0.4, 0.5) is 11.1 Å². The summed E-state index contributed by atoms with van der Waals surface area (Å²) in [6, 6.07) is 0.141. The largest absolute Gasteiger partial charge is 0.395 e. The highest BCUT2D eigenvalue weighted by atomic mass is 32.2. The van der Waals surface area contributed by atoms with Crippen LogP contribution in [-0.4, -0.2) is 38.6 Å². The smallest absolute Gasteiger partial charge is 0.233 e. The summed E-state index contributed by atoms with van der Waals surface area (Å²) in [5.74, 6) is 0.286. The lowest BCUT2D eigenvalue weighted by Gasteiger charge is -2.20. The first-order chi connectivity index (χ1) is 6.67. The highest BCUT2D eigenvalue weighted by Crippen LogP contribution is 2.18. The van der Waals surface area contributed by atoms with Crippen molar-refractivity contribution >= 4 is 34.4 Å². The second-order valence-electron chi connectivity index (χ2n) is 2.85. The molecule has 0 aliphatic rings. The van der Waals surface area contributed by atoms with Gasteiger partial charge in [0.25, 0.3) is 0 Å². The zero-order valence-electron chi connectivity index (χ0n) is 8.10. The zero-order chi connectivity index (χ0) is 10.6. The van der Waals surface area contributed by atoms with Crippen molar-refractivity contribution in [1.29, 1.82) is 0 Å². The number of aromatic nitrogens is 2. The van der Waals surface area contributed by atoms with Gasteiger partial charge in [0.1, 0.15) is 0 Å². The first-order valence-electron chi connectivity index (χ1n) is 4.16. The SMILES string of the molecule is CSC(CO)C(C)Nc1nc(N)ns1. The van der Waals surface area contributed by atoms with Crippen molar-refractivity contribution < 1.29 is 5.11 Å². The predicted octanol–water partition coefficient (Wildman–Crippen LogP) is 0.645. The fourth-order valence-electron chi connectivity index (χ4n) is 1.02. The lowest BCUT2D eigenvalue weighted by Crippen LogP contribution is -2.30. The van der Waals surface area contributed by atoms with Gasteiger partial charge in [-0.3, -0.25) is 0 Å². The van der Waals surface area contributed by atoms with E-state index in [2.05, 4.69) is 14.7 Å². The fraction of sp³-hybridized carbons (Fsp3) is 0.714. The number of hydrogen-bond donors (Lipinski definition) is 3. The van der Waals surface area contributed by atoms with E-state index in [0.29, 0.717) is 5.13 Å². The Bertz CT molecular complexity index is 276. The molecule has 2 unspecified atom stereocenters. The molecular formula is C7H14N4OS2. The van der Waals surface area contributed by atoms with Gasteiger partial charge in [-0.25, -0.2) is 0 Å². The average molecular weight is 234 g/mol. The summed E-state index contributed by atoms with van der Waals surface area (Å²) >= 11 is 2.84. The number of thioether (sulfide) groups is 1. The minimum atomic E-state index is 0.141. The van der Waals surface area contributed by atoms with Gasteiger partial charge in [-0.05, 0) is 13.2 Å². The standard InChI is InChI=1S/C7H14N4OS2/c1-4(5(3-12)13-2)9-7-10-6(8)11-14-7/h4-5,12H,3H2,1-2H3,(H3,8,9,10,11). The summed E-state index contributed by atoms with van der Waals surface area (Å²) in [5.41, 5.74) is 5.39. The molecule has 0 bridgehead atoms. The molecule has 0 amide bonds. The number of nitrogen functional groups attached to an aromatic ring is 1. The van der Waals surface area contributed by atoms with Crippen molar-refractivity contribution in [3.05, 3.63) is 0 Å². The average Bonchev–Trinajstić information content (AvgIpc) is 2.53. The van der Waals surface area contributed by atoms with Gasteiger partial charge < -0.3 is 16.2 Å². The van der Waals surface area contributed by atoms with Gasteiger partial charge in [0.2, 0.25) is 11.1 Å². The first-order valence-corrected chi connectivity index (χ1v) is 6.23. The van der Waals surface area contributed by atoms with Gasteiger partial charge in [0, 0.05) is 22.8 Å². The van der Waals surface area contributed by atoms with Crippen LogP contribution in [-0.2, 0) is 0 Å². The van der Waals surface area contributed by atoms with E-state index >= 15 is 0 Å². The third kappa shape index (κ3) is 3.00. The number of nitrogens with one attached hydrogen (secondary N) is 1. The summed E-state index contributed by atoms with van der Waals surface area (Å²) in [5, 5.41) is 13.1. The second-order valence-corrected chi connectivity index (χ2v) is 4.68. The van der Waals surface area contributed by atoms with Crippen molar-refractivity contribution in [2.75, 3.05) is 23.9 Å². The number of anilines is 2. The molecule has 2 atom stereocenters. The normalized spacial score (nSPS) is 15.1. The van der Waals surface area contributed by atoms with E-state index in [1.54, 1.807) is 11.8 Å². The number of aliphatic hydroxyl groups is 1. The Morgan fingerprint density at radius 2 is 2.43 bits per heavy atom. The van der Waals surface area contributed by atoms with E-state index in [1.807, 2.05) is 13.2 Å². The van der Waals surface area contributed by atoms with Gasteiger partial charge >= 0.3 is 0 Å². The Morgan fingerprint density at radius 3 is 2.86 bits per heavy atom. The van der Waals surface area contributed by atoms with Crippen LogP contribution < -0.4 is 11.1 Å². The van der Waals surface area contributed by atoms with Crippen LogP contribution in [0.2, 0.25) is 0 Å². The van der Waals surface area contributed by atoms with E-state index in [-0.39, 0.29) is 23.8 Å². The number of hydrogen-bond acceptors (Lipinski definition) is 7. The van der Waals surface area contributed by atoms with Crippen LogP contribution >= 0.6 is 23.3 Å². The monoisotopic (exact) mass is 234 g/mol. The second kappa shape index (κ2) is 5.38. The van der Waals surface area contributed by atoms with Crippen LogP contribution in [0.15, 0.2) is 0 Å². The van der Waals surface area contributed by atoms with Crippen LogP contribution in [0, 0.1) is 0 Å². The van der Waals surface area contributed by atoms with Gasteiger partial charge in [0.15, 0.2) is 0 Å². The molecule has 0 spiro atoms. The molecule has 0 aliphatic carbocycles. The molecule has 7 heteroatoms. The molecule has 14 heavy (non-hydrogen) atoms. The highest BCUT2D eigenvalue weighted by molar-refractivity contribution is 7.99. The van der Waals surface area contributed by atoms with E-state index in [1.165, 1.54) is 11.5 Å². The number of nitrogens with two attached hydrogens (primary N) is 1. The molecule has 1 aromatic rings. The van der Waals surface area contributed by atoms with Crippen molar-refractivity contribution in [3.8, 4) is 0 Å². The molecule has 1 rings (SSSR count). The third-order valence-corrected chi connectivity index (χ3v) is 3.66. The van der Waals surface area contributed by atoms with Crippen molar-refractivity contribution in [2.45, 2.75) is 18.2 Å². The minimum absolute atomic E-state index is 0.141.